The van der Waals surface area contributed by atoms with Crippen LogP contribution >= 0.6 is 0 Å². The highest BCUT2D eigenvalue weighted by molar-refractivity contribution is 5.87. The van der Waals surface area contributed by atoms with Crippen molar-refractivity contribution in [2.24, 2.45) is 0 Å². The normalized spacial score (nSPS) is 19.7. The lowest BCUT2D eigenvalue weighted by Gasteiger charge is -2.35. The van der Waals surface area contributed by atoms with Gasteiger partial charge in [-0.1, -0.05) is 18.2 Å². The number of urea groups is 1. The van der Waals surface area contributed by atoms with Gasteiger partial charge in [-0.15, -0.1) is 0 Å². The Balaban J connectivity index is 1.91. The van der Waals surface area contributed by atoms with Gasteiger partial charge in [0.15, 0.2) is 0 Å². The van der Waals surface area contributed by atoms with Crippen molar-refractivity contribution in [1.82, 2.24) is 15.5 Å². The number of rotatable bonds is 5. The molecule has 0 unspecified atom stereocenters. The topological polar surface area (TPSA) is 70.7 Å². The molecule has 0 aliphatic carbocycles. The molecular weight excluding hydrogens is 318 g/mol. The Morgan fingerprint density at radius 3 is 2.60 bits per heavy atom. The minimum Gasteiger partial charge on any atom is -0.496 e. The van der Waals surface area contributed by atoms with Crippen LogP contribution in [0.4, 0.5) is 4.79 Å². The Hall–Kier alpha value is -2.24. The van der Waals surface area contributed by atoms with Crippen LogP contribution in [0.2, 0.25) is 0 Å². The molecule has 2 rings (SSSR count). The number of likely N-dealkylation sites (tertiary alicyclic amines) is 1. The highest BCUT2D eigenvalue weighted by Crippen LogP contribution is 2.24. The van der Waals surface area contributed by atoms with Gasteiger partial charge in [0.2, 0.25) is 5.91 Å². The number of ether oxygens (including phenoxy) is 1. The van der Waals surface area contributed by atoms with Crippen molar-refractivity contribution in [3.63, 3.8) is 0 Å². The van der Waals surface area contributed by atoms with E-state index in [2.05, 4.69) is 17.6 Å². The summed E-state index contributed by atoms with van der Waals surface area (Å²) in [5, 5.41) is 5.62. The number of carbonyl (C=O) groups excluding carboxylic acids is 2. The molecule has 1 fully saturated rings. The van der Waals surface area contributed by atoms with Gasteiger partial charge in [-0.3, -0.25) is 4.79 Å². The van der Waals surface area contributed by atoms with Crippen LogP contribution in [-0.4, -0.2) is 42.6 Å². The second-order valence-corrected chi connectivity index (χ2v) is 6.68. The average Bonchev–Trinajstić information content (AvgIpc) is 2.61. The first-order valence-corrected chi connectivity index (χ1v) is 8.94. The molecule has 25 heavy (non-hydrogen) atoms. The Morgan fingerprint density at radius 2 is 1.92 bits per heavy atom. The van der Waals surface area contributed by atoms with Crippen LogP contribution in [0.15, 0.2) is 24.3 Å². The molecule has 1 aromatic carbocycles. The van der Waals surface area contributed by atoms with E-state index in [0.29, 0.717) is 0 Å². The molecule has 0 bridgehead atoms. The number of carbonyl (C=O) groups is 2. The number of benzene rings is 1. The van der Waals surface area contributed by atoms with Crippen molar-refractivity contribution in [2.45, 2.75) is 58.2 Å². The number of hydrogen-bond acceptors (Lipinski definition) is 3. The van der Waals surface area contributed by atoms with Crippen molar-refractivity contribution in [2.75, 3.05) is 13.7 Å². The first-order valence-electron chi connectivity index (χ1n) is 8.94. The lowest BCUT2D eigenvalue weighted by molar-refractivity contribution is -0.136. The van der Waals surface area contributed by atoms with Gasteiger partial charge in [0.25, 0.3) is 0 Å². The van der Waals surface area contributed by atoms with Crippen molar-refractivity contribution >= 4 is 11.9 Å². The number of methoxy groups -OCH3 is 1. The zero-order valence-corrected chi connectivity index (χ0v) is 15.5. The maximum atomic E-state index is 12.6. The lowest BCUT2D eigenvalue weighted by Crippen LogP contribution is -2.53. The molecule has 3 atom stereocenters. The highest BCUT2D eigenvalue weighted by Gasteiger charge is 2.28. The third-order valence-electron chi connectivity index (χ3n) is 4.76. The molecule has 6 heteroatoms. The number of hydrogen-bond donors (Lipinski definition) is 2. The molecule has 2 N–H and O–H groups in total. The summed E-state index contributed by atoms with van der Waals surface area (Å²) in [6, 6.07) is 6.65. The summed E-state index contributed by atoms with van der Waals surface area (Å²) in [7, 11) is 1.60. The van der Waals surface area contributed by atoms with Crippen LogP contribution in [0.3, 0.4) is 0 Å². The zero-order valence-electron chi connectivity index (χ0n) is 15.5. The van der Waals surface area contributed by atoms with Crippen LogP contribution in [0.25, 0.3) is 0 Å². The van der Waals surface area contributed by atoms with E-state index in [9.17, 15) is 9.59 Å². The standard InChI is InChI=1S/C19H29N3O3/c1-13-9-7-8-12-22(13)18(23)15(3)21-19(24)20-14(2)16-10-5-6-11-17(16)25-4/h5-6,10-11,13-15H,7-9,12H2,1-4H3,(H2,20,21,24)/t13-,14+,15-/m1/s1. The summed E-state index contributed by atoms with van der Waals surface area (Å²) in [5.74, 6) is 0.703. The van der Waals surface area contributed by atoms with Gasteiger partial charge in [0, 0.05) is 18.2 Å². The minimum absolute atomic E-state index is 0.0210. The SMILES string of the molecule is COc1ccccc1[C@H](C)NC(=O)N[C@H](C)C(=O)N1CCCC[C@H]1C. The predicted octanol–water partition coefficient (Wildman–Crippen LogP) is 2.84. The average molecular weight is 347 g/mol. The van der Waals surface area contributed by atoms with Crippen molar-refractivity contribution in [3.05, 3.63) is 29.8 Å². The Kier molecular flexibility index (Phi) is 6.67. The van der Waals surface area contributed by atoms with E-state index in [1.807, 2.05) is 36.1 Å². The van der Waals surface area contributed by atoms with E-state index in [0.717, 1.165) is 37.1 Å². The molecule has 138 valence electrons. The molecule has 0 radical (unpaired) electrons. The van der Waals surface area contributed by atoms with Crippen molar-refractivity contribution < 1.29 is 14.3 Å². The molecular formula is C19H29N3O3. The molecule has 1 aliphatic heterocycles. The van der Waals surface area contributed by atoms with Crippen LogP contribution in [-0.2, 0) is 4.79 Å². The summed E-state index contributed by atoms with van der Waals surface area (Å²) in [5.41, 5.74) is 0.892. The van der Waals surface area contributed by atoms with E-state index < -0.39 is 6.04 Å². The number of nitrogens with one attached hydrogen (secondary N) is 2. The van der Waals surface area contributed by atoms with Gasteiger partial charge in [-0.05, 0) is 46.1 Å². The van der Waals surface area contributed by atoms with Crippen LogP contribution in [0.1, 0.15) is 51.6 Å². The van der Waals surface area contributed by atoms with Gasteiger partial charge in [0.1, 0.15) is 11.8 Å². The molecule has 3 amide bonds. The van der Waals surface area contributed by atoms with Gasteiger partial charge in [-0.25, -0.2) is 4.79 Å². The third kappa shape index (κ3) is 4.87. The number of piperidine rings is 1. The van der Waals surface area contributed by atoms with Gasteiger partial charge >= 0.3 is 6.03 Å². The lowest BCUT2D eigenvalue weighted by atomic mass is 10.0. The molecule has 1 saturated heterocycles. The molecule has 0 saturated carbocycles. The van der Waals surface area contributed by atoms with E-state index in [4.69, 9.17) is 4.74 Å². The molecule has 1 aromatic rings. The Morgan fingerprint density at radius 1 is 1.20 bits per heavy atom. The van der Waals surface area contributed by atoms with E-state index >= 15 is 0 Å². The summed E-state index contributed by atoms with van der Waals surface area (Å²) in [4.78, 5) is 26.7. The van der Waals surface area contributed by atoms with Crippen LogP contribution in [0.5, 0.6) is 5.75 Å². The second-order valence-electron chi connectivity index (χ2n) is 6.68. The fourth-order valence-electron chi connectivity index (χ4n) is 3.27. The van der Waals surface area contributed by atoms with Gasteiger partial charge in [-0.2, -0.15) is 0 Å². The first-order chi connectivity index (χ1) is 11.9. The summed E-state index contributed by atoms with van der Waals surface area (Å²) < 4.78 is 5.33. The van der Waals surface area contributed by atoms with Crippen molar-refractivity contribution in [1.29, 1.82) is 0 Å². The van der Waals surface area contributed by atoms with Crippen LogP contribution in [0, 0.1) is 0 Å². The van der Waals surface area contributed by atoms with E-state index in [1.165, 1.54) is 0 Å². The molecule has 1 aliphatic rings. The Labute approximate surface area is 149 Å². The molecule has 0 aromatic heterocycles. The number of para-hydroxylation sites is 1. The first kappa shape index (κ1) is 19.1. The molecule has 0 spiro atoms. The summed E-state index contributed by atoms with van der Waals surface area (Å²) in [6.45, 7) is 6.45. The third-order valence-corrected chi connectivity index (χ3v) is 4.76. The monoisotopic (exact) mass is 347 g/mol. The Bertz CT molecular complexity index is 605. The molecule has 1 heterocycles. The maximum absolute atomic E-state index is 12.6. The largest absolute Gasteiger partial charge is 0.496 e. The highest BCUT2D eigenvalue weighted by atomic mass is 16.5. The summed E-state index contributed by atoms with van der Waals surface area (Å²) >= 11 is 0. The molecule has 6 nitrogen and oxygen atoms in total. The summed E-state index contributed by atoms with van der Waals surface area (Å²) in [6.07, 6.45) is 3.21. The second kappa shape index (κ2) is 8.74. The maximum Gasteiger partial charge on any atom is 0.315 e. The van der Waals surface area contributed by atoms with Gasteiger partial charge in [0.05, 0.1) is 13.2 Å². The van der Waals surface area contributed by atoms with Crippen LogP contribution < -0.4 is 15.4 Å². The smallest absolute Gasteiger partial charge is 0.315 e. The zero-order chi connectivity index (χ0) is 18.4. The number of nitrogens with zero attached hydrogens (tertiary/aromatic N) is 1. The minimum atomic E-state index is -0.551. The van der Waals surface area contributed by atoms with E-state index in [1.54, 1.807) is 14.0 Å². The number of amides is 3. The predicted molar refractivity (Wildman–Crippen MR) is 97.6 cm³/mol. The fraction of sp³-hybridized carbons (Fsp3) is 0.579. The van der Waals surface area contributed by atoms with E-state index in [-0.39, 0.29) is 24.0 Å². The van der Waals surface area contributed by atoms with Gasteiger partial charge < -0.3 is 20.3 Å². The fourth-order valence-corrected chi connectivity index (χ4v) is 3.27. The quantitative estimate of drug-likeness (QED) is 0.860. The van der Waals surface area contributed by atoms with Crippen molar-refractivity contribution in [3.8, 4) is 5.75 Å².